The fraction of sp³-hybridized carbons (Fsp3) is 0.667. The smallest absolute Gasteiger partial charge is 0.327 e. The molecule has 1 N–H and O–H groups in total. The maximum absolute atomic E-state index is 11.7. The van der Waals surface area contributed by atoms with E-state index in [-0.39, 0.29) is 24.7 Å². The Balaban J connectivity index is 2.57. The summed E-state index contributed by atoms with van der Waals surface area (Å²) in [6.45, 7) is 3.72. The van der Waals surface area contributed by atoms with Crippen LogP contribution < -0.4 is 5.43 Å². The highest BCUT2D eigenvalue weighted by Gasteiger charge is 2.34. The summed E-state index contributed by atoms with van der Waals surface area (Å²) in [5.41, 5.74) is 3.26. The Kier molecular flexibility index (Phi) is 5.48. The number of imide groups is 1. The van der Waals surface area contributed by atoms with Gasteiger partial charge in [-0.2, -0.15) is 5.10 Å². The lowest BCUT2D eigenvalue weighted by molar-refractivity contribution is -0.141. The molecule has 0 aromatic rings. The molecule has 3 amide bonds. The van der Waals surface area contributed by atoms with Crippen LogP contribution in [0.15, 0.2) is 5.10 Å². The first-order valence-corrected chi connectivity index (χ1v) is 6.34. The molecule has 1 heterocycles. The quantitative estimate of drug-likeness (QED) is 0.440. The van der Waals surface area contributed by atoms with Crippen LogP contribution in [0.5, 0.6) is 0 Å². The van der Waals surface area contributed by atoms with Crippen LogP contribution in [-0.2, 0) is 14.3 Å². The molecule has 1 aliphatic heterocycles. The van der Waals surface area contributed by atoms with Crippen molar-refractivity contribution >= 4 is 23.6 Å². The van der Waals surface area contributed by atoms with E-state index < -0.39 is 12.2 Å². The number of hydrogen-bond donors (Lipinski definition) is 1. The number of hydrazone groups is 1. The summed E-state index contributed by atoms with van der Waals surface area (Å²) in [5.74, 6) is -0.636. The number of nitrogens with one attached hydrogen (secondary N) is 1. The number of urea groups is 1. The van der Waals surface area contributed by atoms with Gasteiger partial charge < -0.3 is 9.64 Å². The van der Waals surface area contributed by atoms with Crippen molar-refractivity contribution in [1.29, 1.82) is 0 Å². The van der Waals surface area contributed by atoms with Gasteiger partial charge in [-0.3, -0.25) is 19.9 Å². The topological polar surface area (TPSA) is 91.3 Å². The van der Waals surface area contributed by atoms with Gasteiger partial charge in [0.25, 0.3) is 0 Å². The second kappa shape index (κ2) is 6.88. The number of nitrogens with zero attached hydrogens (tertiary/aromatic N) is 3. The number of carbonyl (C=O) groups excluding carboxylic acids is 3. The van der Waals surface area contributed by atoms with Gasteiger partial charge in [-0.1, -0.05) is 0 Å². The van der Waals surface area contributed by atoms with Crippen LogP contribution in [0.1, 0.15) is 26.7 Å². The molecule has 0 aliphatic carbocycles. The molecular formula is C12H20N4O4. The van der Waals surface area contributed by atoms with E-state index in [4.69, 9.17) is 4.74 Å². The van der Waals surface area contributed by atoms with E-state index in [1.54, 1.807) is 20.9 Å². The van der Waals surface area contributed by atoms with Crippen molar-refractivity contribution in [3.05, 3.63) is 0 Å². The molecule has 0 aromatic heterocycles. The molecule has 1 rings (SSSR count). The molecule has 1 aliphatic rings. The van der Waals surface area contributed by atoms with Crippen LogP contribution in [0.25, 0.3) is 0 Å². The number of esters is 1. The number of amides is 3. The Labute approximate surface area is 117 Å². The van der Waals surface area contributed by atoms with Gasteiger partial charge in [0.1, 0.15) is 6.17 Å². The summed E-state index contributed by atoms with van der Waals surface area (Å²) in [6, 6.07) is -0.392. The second-order valence-electron chi connectivity index (χ2n) is 4.52. The van der Waals surface area contributed by atoms with Crippen molar-refractivity contribution in [2.45, 2.75) is 32.9 Å². The Morgan fingerprint density at radius 3 is 2.70 bits per heavy atom. The molecular weight excluding hydrogens is 264 g/mol. The number of ether oxygens (including phenoxy) is 1. The van der Waals surface area contributed by atoms with Gasteiger partial charge >= 0.3 is 12.0 Å². The van der Waals surface area contributed by atoms with E-state index in [0.29, 0.717) is 12.3 Å². The Morgan fingerprint density at radius 2 is 2.10 bits per heavy atom. The molecule has 0 spiro atoms. The van der Waals surface area contributed by atoms with Gasteiger partial charge in [0, 0.05) is 19.8 Å². The number of carbonyl (C=O) groups is 3. The third-order valence-electron chi connectivity index (χ3n) is 2.91. The summed E-state index contributed by atoms with van der Waals surface area (Å²) in [4.78, 5) is 37.0. The largest absolute Gasteiger partial charge is 0.466 e. The van der Waals surface area contributed by atoms with Crippen LogP contribution in [0.3, 0.4) is 0 Å². The maximum Gasteiger partial charge on any atom is 0.327 e. The molecule has 1 unspecified atom stereocenters. The highest BCUT2D eigenvalue weighted by molar-refractivity contribution is 5.98. The number of rotatable bonds is 5. The van der Waals surface area contributed by atoms with Crippen molar-refractivity contribution in [3.8, 4) is 0 Å². The Hall–Kier alpha value is -2.12. The summed E-state index contributed by atoms with van der Waals surface area (Å²) in [5, 5.41) is 4.02. The second-order valence-corrected chi connectivity index (χ2v) is 4.52. The first-order chi connectivity index (χ1) is 9.36. The van der Waals surface area contributed by atoms with E-state index in [2.05, 4.69) is 10.5 Å². The van der Waals surface area contributed by atoms with Crippen molar-refractivity contribution in [3.63, 3.8) is 0 Å². The average Bonchev–Trinajstić information content (AvgIpc) is 2.39. The molecule has 20 heavy (non-hydrogen) atoms. The fourth-order valence-electron chi connectivity index (χ4n) is 1.69. The van der Waals surface area contributed by atoms with Crippen molar-refractivity contribution < 1.29 is 19.1 Å². The molecule has 0 bridgehead atoms. The minimum Gasteiger partial charge on any atom is -0.466 e. The molecule has 1 atom stereocenters. The first kappa shape index (κ1) is 15.9. The van der Waals surface area contributed by atoms with E-state index >= 15 is 0 Å². The highest BCUT2D eigenvalue weighted by atomic mass is 16.5. The van der Waals surface area contributed by atoms with E-state index in [1.807, 2.05) is 0 Å². The third kappa shape index (κ3) is 3.94. The van der Waals surface area contributed by atoms with Gasteiger partial charge in [0.05, 0.1) is 19.4 Å². The van der Waals surface area contributed by atoms with Crippen LogP contribution in [0, 0.1) is 0 Å². The van der Waals surface area contributed by atoms with Crippen LogP contribution >= 0.6 is 0 Å². The molecule has 8 heteroatoms. The molecule has 8 nitrogen and oxygen atoms in total. The van der Waals surface area contributed by atoms with Gasteiger partial charge in [0.15, 0.2) is 0 Å². The minimum atomic E-state index is -0.511. The first-order valence-electron chi connectivity index (χ1n) is 6.34. The lowest BCUT2D eigenvalue weighted by Crippen LogP contribution is -2.57. The van der Waals surface area contributed by atoms with E-state index in [0.717, 1.165) is 4.90 Å². The standard InChI is InChI=1S/C12H20N4O4/c1-5-20-11(18)6-8(2)13-14-9-7-10(17)16(4)12(19)15(9)3/h9,14H,5-7H2,1-4H3. The Morgan fingerprint density at radius 1 is 1.45 bits per heavy atom. The SMILES string of the molecule is CCOC(=O)CC(C)=NNC1CC(=O)N(C)C(=O)N1C. The van der Waals surface area contributed by atoms with Crippen LogP contribution in [0.4, 0.5) is 4.79 Å². The Bertz CT molecular complexity index is 435. The third-order valence-corrected chi connectivity index (χ3v) is 2.91. The zero-order valence-corrected chi connectivity index (χ0v) is 12.2. The monoisotopic (exact) mass is 284 g/mol. The highest BCUT2D eigenvalue weighted by Crippen LogP contribution is 2.12. The zero-order chi connectivity index (χ0) is 15.3. The number of hydrogen-bond acceptors (Lipinski definition) is 6. The summed E-state index contributed by atoms with van der Waals surface area (Å²) < 4.78 is 4.80. The van der Waals surface area contributed by atoms with Crippen molar-refractivity contribution in [2.24, 2.45) is 5.10 Å². The molecule has 112 valence electrons. The lowest BCUT2D eigenvalue weighted by atomic mass is 10.2. The summed E-state index contributed by atoms with van der Waals surface area (Å²) in [7, 11) is 3.02. The summed E-state index contributed by atoms with van der Waals surface area (Å²) in [6.07, 6.45) is -0.308. The fourth-order valence-corrected chi connectivity index (χ4v) is 1.69. The zero-order valence-electron chi connectivity index (χ0n) is 12.2. The predicted molar refractivity (Wildman–Crippen MR) is 71.8 cm³/mol. The minimum absolute atomic E-state index is 0.0685. The van der Waals surface area contributed by atoms with Crippen molar-refractivity contribution in [1.82, 2.24) is 15.2 Å². The molecule has 1 fully saturated rings. The molecule has 1 saturated heterocycles. The lowest BCUT2D eigenvalue weighted by Gasteiger charge is -2.35. The summed E-state index contributed by atoms with van der Waals surface area (Å²) >= 11 is 0. The molecule has 0 radical (unpaired) electrons. The normalized spacial score (nSPS) is 20.2. The van der Waals surface area contributed by atoms with E-state index in [1.165, 1.54) is 11.9 Å². The van der Waals surface area contributed by atoms with Crippen molar-refractivity contribution in [2.75, 3.05) is 20.7 Å². The molecule has 0 saturated carbocycles. The van der Waals surface area contributed by atoms with Gasteiger partial charge in [0.2, 0.25) is 5.91 Å². The molecule has 0 aromatic carbocycles. The van der Waals surface area contributed by atoms with Crippen LogP contribution in [-0.4, -0.2) is 60.3 Å². The maximum atomic E-state index is 11.7. The van der Waals surface area contributed by atoms with E-state index in [9.17, 15) is 14.4 Å². The van der Waals surface area contributed by atoms with Gasteiger partial charge in [-0.25, -0.2) is 4.79 Å². The van der Waals surface area contributed by atoms with Gasteiger partial charge in [-0.15, -0.1) is 0 Å². The van der Waals surface area contributed by atoms with Gasteiger partial charge in [-0.05, 0) is 13.8 Å². The average molecular weight is 284 g/mol. The van der Waals surface area contributed by atoms with Crippen LogP contribution in [0.2, 0.25) is 0 Å². The predicted octanol–water partition coefficient (Wildman–Crippen LogP) is 0.145.